The zero-order valence-electron chi connectivity index (χ0n) is 15.7. The molecule has 6 nitrogen and oxygen atoms in total. The Morgan fingerprint density at radius 2 is 1.86 bits per heavy atom. The maximum absolute atomic E-state index is 11.4. The lowest BCUT2D eigenvalue weighted by atomic mass is 10.1. The molecule has 2 heterocycles. The number of amides is 1. The van der Waals surface area contributed by atoms with Crippen molar-refractivity contribution >= 4 is 22.9 Å². The lowest BCUT2D eigenvalue weighted by Gasteiger charge is -2.08. The number of nitrogens with zero attached hydrogens (tertiary/aromatic N) is 3. The minimum absolute atomic E-state index is 0.124. The zero-order valence-corrected chi connectivity index (χ0v) is 16.5. The number of nitrogens with one attached hydrogen (secondary N) is 1. The van der Waals surface area contributed by atoms with Crippen molar-refractivity contribution in [1.82, 2.24) is 15.1 Å². The van der Waals surface area contributed by atoms with E-state index in [2.05, 4.69) is 20.4 Å². The van der Waals surface area contributed by atoms with Crippen LogP contribution in [0.15, 0.2) is 52.4 Å². The molecule has 4 rings (SSSR count). The van der Waals surface area contributed by atoms with Crippen LogP contribution in [0.1, 0.15) is 17.5 Å². The molecule has 4 aromatic rings. The third kappa shape index (κ3) is 3.57. The van der Waals surface area contributed by atoms with E-state index in [1.807, 2.05) is 61.7 Å². The molecule has 0 aliphatic rings. The number of carbonyl (C=O) groups excluding carboxylic acids is 1. The Morgan fingerprint density at radius 1 is 1.07 bits per heavy atom. The van der Waals surface area contributed by atoms with Gasteiger partial charge in [0.05, 0.1) is 10.7 Å². The molecule has 28 heavy (non-hydrogen) atoms. The molecule has 0 saturated heterocycles. The van der Waals surface area contributed by atoms with Crippen LogP contribution in [-0.2, 0) is 4.79 Å². The fourth-order valence-corrected chi connectivity index (χ4v) is 3.58. The summed E-state index contributed by atoms with van der Waals surface area (Å²) >= 11 is 1.62. The molecule has 0 bridgehead atoms. The van der Waals surface area contributed by atoms with E-state index in [9.17, 15) is 4.79 Å². The van der Waals surface area contributed by atoms with Gasteiger partial charge in [-0.1, -0.05) is 29.4 Å². The van der Waals surface area contributed by atoms with Crippen molar-refractivity contribution < 1.29 is 9.32 Å². The Kier molecular flexibility index (Phi) is 4.75. The lowest BCUT2D eigenvalue weighted by molar-refractivity contribution is -0.114. The highest BCUT2D eigenvalue weighted by molar-refractivity contribution is 7.09. The van der Waals surface area contributed by atoms with Gasteiger partial charge in [-0.15, -0.1) is 11.3 Å². The average molecular weight is 390 g/mol. The molecule has 0 aliphatic carbocycles. The van der Waals surface area contributed by atoms with E-state index < -0.39 is 0 Å². The average Bonchev–Trinajstić information content (AvgIpc) is 3.33. The van der Waals surface area contributed by atoms with Crippen LogP contribution >= 0.6 is 11.3 Å². The van der Waals surface area contributed by atoms with Gasteiger partial charge >= 0.3 is 0 Å². The largest absolute Gasteiger partial charge is 0.334 e. The monoisotopic (exact) mass is 390 g/mol. The van der Waals surface area contributed by atoms with Crippen molar-refractivity contribution in [1.29, 1.82) is 0 Å². The van der Waals surface area contributed by atoms with E-state index in [1.54, 1.807) is 11.3 Å². The Morgan fingerprint density at radius 3 is 2.61 bits per heavy atom. The van der Waals surface area contributed by atoms with Gasteiger partial charge in [-0.25, -0.2) is 4.98 Å². The number of carbonyl (C=O) groups is 1. The third-order valence-electron chi connectivity index (χ3n) is 4.34. The summed E-state index contributed by atoms with van der Waals surface area (Å²) in [5.41, 5.74) is 5.19. The molecule has 1 N–H and O–H groups in total. The maximum atomic E-state index is 11.4. The van der Waals surface area contributed by atoms with Gasteiger partial charge in [0.15, 0.2) is 0 Å². The predicted molar refractivity (Wildman–Crippen MR) is 110 cm³/mol. The quantitative estimate of drug-likeness (QED) is 0.524. The third-order valence-corrected chi connectivity index (χ3v) is 5.11. The summed E-state index contributed by atoms with van der Waals surface area (Å²) in [5, 5.41) is 10.0. The van der Waals surface area contributed by atoms with E-state index in [0.29, 0.717) is 11.7 Å². The summed E-state index contributed by atoms with van der Waals surface area (Å²) in [5.74, 6) is 0.795. The fourth-order valence-electron chi connectivity index (χ4n) is 2.96. The molecule has 2 aromatic heterocycles. The van der Waals surface area contributed by atoms with Gasteiger partial charge in [-0.2, -0.15) is 4.98 Å². The Hall–Kier alpha value is -3.32. The fraction of sp³-hybridized carbons (Fsp3) is 0.143. The van der Waals surface area contributed by atoms with Crippen LogP contribution in [-0.4, -0.2) is 21.0 Å². The van der Waals surface area contributed by atoms with E-state index in [1.165, 1.54) is 6.92 Å². The van der Waals surface area contributed by atoms with Crippen LogP contribution in [0.5, 0.6) is 0 Å². The molecule has 7 heteroatoms. The molecular formula is C21H18N4O2S. The normalized spacial score (nSPS) is 10.8. The van der Waals surface area contributed by atoms with Crippen LogP contribution in [0.3, 0.4) is 0 Å². The van der Waals surface area contributed by atoms with E-state index in [4.69, 9.17) is 4.52 Å². The number of rotatable bonds is 4. The van der Waals surface area contributed by atoms with Crippen molar-refractivity contribution in [2.24, 2.45) is 0 Å². The van der Waals surface area contributed by atoms with Crippen molar-refractivity contribution in [2.45, 2.75) is 20.8 Å². The second-order valence-electron chi connectivity index (χ2n) is 6.42. The van der Waals surface area contributed by atoms with E-state index >= 15 is 0 Å². The van der Waals surface area contributed by atoms with Crippen LogP contribution in [0.2, 0.25) is 0 Å². The first-order valence-electron chi connectivity index (χ1n) is 8.75. The van der Waals surface area contributed by atoms with Gasteiger partial charge < -0.3 is 9.84 Å². The number of anilines is 1. The number of benzene rings is 2. The summed E-state index contributed by atoms with van der Waals surface area (Å²) in [6.45, 7) is 5.38. The van der Waals surface area contributed by atoms with Crippen LogP contribution in [0.4, 0.5) is 5.69 Å². The summed E-state index contributed by atoms with van der Waals surface area (Å²) in [6, 6.07) is 13.5. The summed E-state index contributed by atoms with van der Waals surface area (Å²) in [6.07, 6.45) is 0. The smallest absolute Gasteiger partial charge is 0.258 e. The number of hydrogen-bond donors (Lipinski definition) is 1. The van der Waals surface area contributed by atoms with E-state index in [0.717, 1.165) is 38.6 Å². The minimum atomic E-state index is -0.124. The molecule has 1 amide bonds. The highest BCUT2D eigenvalue weighted by Crippen LogP contribution is 2.30. The van der Waals surface area contributed by atoms with Crippen molar-refractivity contribution in [2.75, 3.05) is 5.32 Å². The summed E-state index contributed by atoms with van der Waals surface area (Å²) < 4.78 is 5.51. The van der Waals surface area contributed by atoms with Gasteiger partial charge in [0.1, 0.15) is 0 Å². The first-order chi connectivity index (χ1) is 13.5. The molecule has 0 aliphatic heterocycles. The highest BCUT2D eigenvalue weighted by atomic mass is 32.1. The molecular weight excluding hydrogens is 372 g/mol. The van der Waals surface area contributed by atoms with E-state index in [-0.39, 0.29) is 5.91 Å². The summed E-state index contributed by atoms with van der Waals surface area (Å²) in [7, 11) is 0. The standard InChI is InChI=1S/C21H18N4O2S/c1-12-17(8-5-9-18(12)22-13(2)26)21-24-20(25-27-21)16-7-4-6-15(10-16)19-11-28-14(3)23-19/h4-11H,1-3H3,(H,22,26). The topological polar surface area (TPSA) is 80.9 Å². The van der Waals surface area contributed by atoms with Crippen molar-refractivity contribution in [3.05, 3.63) is 58.4 Å². The van der Waals surface area contributed by atoms with Crippen molar-refractivity contribution in [3.8, 4) is 34.1 Å². The van der Waals surface area contributed by atoms with Gasteiger partial charge in [0.2, 0.25) is 11.7 Å². The van der Waals surface area contributed by atoms with Gasteiger partial charge in [0.25, 0.3) is 5.89 Å². The number of thiazole rings is 1. The zero-order chi connectivity index (χ0) is 19.7. The van der Waals surface area contributed by atoms with Crippen LogP contribution < -0.4 is 5.32 Å². The molecule has 0 fully saturated rings. The first-order valence-corrected chi connectivity index (χ1v) is 9.63. The Labute approximate surface area is 166 Å². The SMILES string of the molecule is CC(=O)Nc1cccc(-c2nc(-c3cccc(-c4csc(C)n4)c3)no2)c1C. The molecule has 140 valence electrons. The molecule has 0 radical (unpaired) electrons. The predicted octanol–water partition coefficient (Wildman–Crippen LogP) is 5.10. The van der Waals surface area contributed by atoms with Gasteiger partial charge in [-0.05, 0) is 37.6 Å². The number of aromatic nitrogens is 3. The number of hydrogen-bond acceptors (Lipinski definition) is 6. The molecule has 0 saturated carbocycles. The molecule has 0 atom stereocenters. The lowest BCUT2D eigenvalue weighted by Crippen LogP contribution is -2.07. The minimum Gasteiger partial charge on any atom is -0.334 e. The maximum Gasteiger partial charge on any atom is 0.258 e. The molecule has 2 aromatic carbocycles. The second-order valence-corrected chi connectivity index (χ2v) is 7.48. The first kappa shape index (κ1) is 18.1. The van der Waals surface area contributed by atoms with Crippen LogP contribution in [0, 0.1) is 13.8 Å². The molecule has 0 spiro atoms. The van der Waals surface area contributed by atoms with Crippen molar-refractivity contribution in [3.63, 3.8) is 0 Å². The molecule has 0 unspecified atom stereocenters. The summed E-state index contributed by atoms with van der Waals surface area (Å²) in [4.78, 5) is 20.5. The van der Waals surface area contributed by atoms with Gasteiger partial charge in [-0.3, -0.25) is 4.79 Å². The van der Waals surface area contributed by atoms with Crippen LogP contribution in [0.25, 0.3) is 34.1 Å². The highest BCUT2D eigenvalue weighted by Gasteiger charge is 2.15. The number of aryl methyl sites for hydroxylation is 1. The Bertz CT molecular complexity index is 1160. The Balaban J connectivity index is 1.68. The van der Waals surface area contributed by atoms with Gasteiger partial charge in [0, 0.05) is 34.7 Å². The second kappa shape index (κ2) is 7.36.